The van der Waals surface area contributed by atoms with Crippen LogP contribution in [0.2, 0.25) is 0 Å². The van der Waals surface area contributed by atoms with Crippen LogP contribution in [0.4, 0.5) is 11.4 Å². The predicted molar refractivity (Wildman–Crippen MR) is 168 cm³/mol. The average molecular weight is 632 g/mol. The Hall–Kier alpha value is -5.17. The SMILES string of the molecule is COc1ccc(C(=O)N2CCN(c3ccc(C(=O)NC(CC(=O)O)c4cccnc4)cc3NC(=O)C3CCCO3)CC2)cc1OC. The number of hydrogen-bond acceptors (Lipinski definition) is 9. The topological polar surface area (TPSA) is 160 Å². The number of benzene rings is 2. The molecule has 3 aromatic rings. The number of rotatable bonds is 11. The maximum atomic E-state index is 13.4. The summed E-state index contributed by atoms with van der Waals surface area (Å²) in [6, 6.07) is 12.6. The highest BCUT2D eigenvalue weighted by Gasteiger charge is 2.28. The number of nitrogens with one attached hydrogen (secondary N) is 2. The quantitative estimate of drug-likeness (QED) is 0.287. The second kappa shape index (κ2) is 14.7. The fourth-order valence-electron chi connectivity index (χ4n) is 5.60. The molecule has 0 radical (unpaired) electrons. The van der Waals surface area contributed by atoms with Gasteiger partial charge in [-0.05, 0) is 60.9 Å². The first-order valence-electron chi connectivity index (χ1n) is 15.0. The van der Waals surface area contributed by atoms with Gasteiger partial charge in [0.15, 0.2) is 11.5 Å². The first kappa shape index (κ1) is 32.2. The predicted octanol–water partition coefficient (Wildman–Crippen LogP) is 3.12. The lowest BCUT2D eigenvalue weighted by Gasteiger charge is -2.37. The number of ether oxygens (including phenoxy) is 3. The Morgan fingerprint density at radius 2 is 1.76 bits per heavy atom. The highest BCUT2D eigenvalue weighted by Crippen LogP contribution is 2.31. The highest BCUT2D eigenvalue weighted by molar-refractivity contribution is 6.01. The van der Waals surface area contributed by atoms with Crippen molar-refractivity contribution in [3.8, 4) is 11.5 Å². The molecule has 2 saturated heterocycles. The van der Waals surface area contributed by atoms with Crippen LogP contribution in [-0.2, 0) is 14.3 Å². The van der Waals surface area contributed by atoms with E-state index in [0.717, 1.165) is 6.42 Å². The Morgan fingerprint density at radius 3 is 2.41 bits per heavy atom. The van der Waals surface area contributed by atoms with Crippen molar-refractivity contribution in [3.63, 3.8) is 0 Å². The molecule has 2 aromatic carbocycles. The number of anilines is 2. The summed E-state index contributed by atoms with van der Waals surface area (Å²) in [4.78, 5) is 59.2. The van der Waals surface area contributed by atoms with Gasteiger partial charge in [-0.15, -0.1) is 0 Å². The Labute approximate surface area is 266 Å². The van der Waals surface area contributed by atoms with Crippen molar-refractivity contribution in [2.45, 2.75) is 31.4 Å². The van der Waals surface area contributed by atoms with Crippen LogP contribution in [0.25, 0.3) is 0 Å². The number of aromatic nitrogens is 1. The molecule has 2 aliphatic rings. The fraction of sp³-hybridized carbons (Fsp3) is 0.364. The van der Waals surface area contributed by atoms with E-state index in [2.05, 4.69) is 15.6 Å². The fourth-order valence-corrected chi connectivity index (χ4v) is 5.60. The summed E-state index contributed by atoms with van der Waals surface area (Å²) in [6.45, 7) is 2.32. The van der Waals surface area contributed by atoms with E-state index in [1.54, 1.807) is 59.6 Å². The van der Waals surface area contributed by atoms with Crippen LogP contribution in [0, 0.1) is 0 Å². The average Bonchev–Trinajstić information content (AvgIpc) is 3.63. The number of nitrogens with zero attached hydrogens (tertiary/aromatic N) is 3. The largest absolute Gasteiger partial charge is 0.493 e. The monoisotopic (exact) mass is 631 g/mol. The van der Waals surface area contributed by atoms with Crippen LogP contribution in [0.5, 0.6) is 11.5 Å². The molecule has 2 unspecified atom stereocenters. The number of piperazine rings is 1. The van der Waals surface area contributed by atoms with Gasteiger partial charge in [0, 0.05) is 56.3 Å². The Bertz CT molecular complexity index is 1570. The lowest BCUT2D eigenvalue weighted by Crippen LogP contribution is -2.49. The zero-order valence-corrected chi connectivity index (χ0v) is 25.7. The van der Waals surface area contributed by atoms with Crippen LogP contribution in [0.15, 0.2) is 60.9 Å². The first-order chi connectivity index (χ1) is 22.3. The number of carbonyl (C=O) groups excluding carboxylic acids is 3. The van der Waals surface area contributed by atoms with Crippen molar-refractivity contribution in [2.75, 3.05) is 57.2 Å². The molecular weight excluding hydrogens is 594 g/mol. The van der Waals surface area contributed by atoms with Gasteiger partial charge in [0.1, 0.15) is 6.10 Å². The van der Waals surface area contributed by atoms with E-state index in [1.807, 2.05) is 4.90 Å². The van der Waals surface area contributed by atoms with Gasteiger partial charge in [-0.3, -0.25) is 24.2 Å². The van der Waals surface area contributed by atoms with Gasteiger partial charge >= 0.3 is 5.97 Å². The zero-order chi connectivity index (χ0) is 32.6. The molecule has 3 amide bonds. The van der Waals surface area contributed by atoms with E-state index in [4.69, 9.17) is 14.2 Å². The molecule has 2 aliphatic heterocycles. The molecule has 0 saturated carbocycles. The van der Waals surface area contributed by atoms with Crippen molar-refractivity contribution in [1.29, 1.82) is 0 Å². The summed E-state index contributed by atoms with van der Waals surface area (Å²) in [5.41, 5.74) is 2.40. The van der Waals surface area contributed by atoms with E-state index in [1.165, 1.54) is 20.4 Å². The summed E-state index contributed by atoms with van der Waals surface area (Å²) in [6.07, 6.45) is 3.54. The summed E-state index contributed by atoms with van der Waals surface area (Å²) in [7, 11) is 3.05. The van der Waals surface area contributed by atoms with Crippen LogP contribution in [-0.4, -0.2) is 91.8 Å². The first-order valence-corrected chi connectivity index (χ1v) is 15.0. The normalized spacial score (nSPS) is 16.8. The van der Waals surface area contributed by atoms with E-state index >= 15 is 0 Å². The van der Waals surface area contributed by atoms with Crippen molar-refractivity contribution >= 4 is 35.1 Å². The summed E-state index contributed by atoms with van der Waals surface area (Å²) in [5, 5.41) is 15.2. The van der Waals surface area contributed by atoms with E-state index < -0.39 is 24.0 Å². The second-order valence-corrected chi connectivity index (χ2v) is 11.0. The number of carboxylic acids is 1. The van der Waals surface area contributed by atoms with Gasteiger partial charge < -0.3 is 39.8 Å². The lowest BCUT2D eigenvalue weighted by atomic mass is 10.0. The third-order valence-electron chi connectivity index (χ3n) is 8.05. The number of methoxy groups -OCH3 is 2. The molecule has 0 aliphatic carbocycles. The van der Waals surface area contributed by atoms with Gasteiger partial charge in [0.25, 0.3) is 17.7 Å². The number of carboxylic acid groups (broad SMARTS) is 1. The number of pyridine rings is 1. The third-order valence-corrected chi connectivity index (χ3v) is 8.05. The summed E-state index contributed by atoms with van der Waals surface area (Å²) < 4.78 is 16.2. The lowest BCUT2D eigenvalue weighted by molar-refractivity contribution is -0.137. The molecule has 13 nitrogen and oxygen atoms in total. The van der Waals surface area contributed by atoms with Crippen molar-refractivity contribution in [1.82, 2.24) is 15.2 Å². The van der Waals surface area contributed by atoms with Gasteiger partial charge in [0.05, 0.1) is 38.1 Å². The van der Waals surface area contributed by atoms with Gasteiger partial charge in [-0.1, -0.05) is 6.07 Å². The Kier molecular flexibility index (Phi) is 10.3. The highest BCUT2D eigenvalue weighted by atomic mass is 16.5. The standard InChI is InChI=1S/C33H37N5O8/c1-44-27-10-8-22(18-29(27)45-2)33(43)38-14-12-37(13-15-38)26-9-7-21(17-25(26)36-32(42)28-6-4-16-46-28)31(41)35-24(19-30(39)40)23-5-3-11-34-20-23/h3,5,7-11,17-18,20,24,28H,4,6,12-16,19H2,1-2H3,(H,35,41)(H,36,42)(H,39,40). The minimum Gasteiger partial charge on any atom is -0.493 e. The smallest absolute Gasteiger partial charge is 0.305 e. The van der Waals surface area contributed by atoms with Crippen LogP contribution in [0.3, 0.4) is 0 Å². The molecule has 3 N–H and O–H groups in total. The van der Waals surface area contributed by atoms with E-state index in [-0.39, 0.29) is 23.8 Å². The number of carbonyl (C=O) groups is 4. The molecule has 242 valence electrons. The zero-order valence-electron chi connectivity index (χ0n) is 25.7. The number of amides is 3. The van der Waals surface area contributed by atoms with Gasteiger partial charge in [0.2, 0.25) is 0 Å². The number of aliphatic carboxylic acids is 1. The maximum absolute atomic E-state index is 13.4. The Morgan fingerprint density at radius 1 is 1.00 bits per heavy atom. The van der Waals surface area contributed by atoms with Crippen LogP contribution >= 0.6 is 0 Å². The third kappa shape index (κ3) is 7.54. The van der Waals surface area contributed by atoms with Crippen molar-refractivity contribution in [3.05, 3.63) is 77.6 Å². The summed E-state index contributed by atoms with van der Waals surface area (Å²) in [5.74, 6) is -1.01. The van der Waals surface area contributed by atoms with Gasteiger partial charge in [-0.2, -0.15) is 0 Å². The molecule has 1 aromatic heterocycles. The van der Waals surface area contributed by atoms with E-state index in [9.17, 15) is 24.3 Å². The van der Waals surface area contributed by atoms with Crippen LogP contribution < -0.4 is 25.0 Å². The molecule has 13 heteroatoms. The molecule has 2 fully saturated rings. The molecule has 46 heavy (non-hydrogen) atoms. The van der Waals surface area contributed by atoms with E-state index in [0.29, 0.717) is 73.2 Å². The molecule has 0 spiro atoms. The minimum atomic E-state index is -1.07. The van der Waals surface area contributed by atoms with Crippen LogP contribution in [0.1, 0.15) is 51.6 Å². The molecule has 5 rings (SSSR count). The molecule has 0 bridgehead atoms. The second-order valence-electron chi connectivity index (χ2n) is 11.0. The maximum Gasteiger partial charge on any atom is 0.305 e. The minimum absolute atomic E-state index is 0.135. The summed E-state index contributed by atoms with van der Waals surface area (Å²) >= 11 is 0. The van der Waals surface area contributed by atoms with Crippen molar-refractivity contribution < 1.29 is 38.5 Å². The molecular formula is C33H37N5O8. The Balaban J connectivity index is 1.34. The van der Waals surface area contributed by atoms with Gasteiger partial charge in [-0.25, -0.2) is 0 Å². The molecule has 2 atom stereocenters. The molecule has 3 heterocycles. The van der Waals surface area contributed by atoms with Crippen molar-refractivity contribution in [2.24, 2.45) is 0 Å². The number of hydrogen-bond donors (Lipinski definition) is 3.